The van der Waals surface area contributed by atoms with Gasteiger partial charge in [0.25, 0.3) is 10.0 Å². The summed E-state index contributed by atoms with van der Waals surface area (Å²) in [5.74, 6) is -0.333. The van der Waals surface area contributed by atoms with Crippen LogP contribution in [0.5, 0.6) is 5.75 Å². The summed E-state index contributed by atoms with van der Waals surface area (Å²) in [6.07, 6.45) is 1.94. The van der Waals surface area contributed by atoms with Gasteiger partial charge in [-0.25, -0.2) is 8.42 Å². The Morgan fingerprint density at radius 1 is 0.844 bits per heavy atom. The van der Waals surface area contributed by atoms with Crippen LogP contribution in [0.4, 0.5) is 5.69 Å². The van der Waals surface area contributed by atoms with E-state index in [-0.39, 0.29) is 29.5 Å². The molecule has 1 N–H and O–H groups in total. The summed E-state index contributed by atoms with van der Waals surface area (Å²) in [6.45, 7) is 2.07. The van der Waals surface area contributed by atoms with Crippen LogP contribution in [0.15, 0.2) is 114 Å². The molecule has 4 aromatic rings. The second kappa shape index (κ2) is 16.1. The zero-order chi connectivity index (χ0) is 32.2. The van der Waals surface area contributed by atoms with Gasteiger partial charge in [-0.2, -0.15) is 0 Å². The second-order valence-electron chi connectivity index (χ2n) is 10.5. The molecule has 2 amide bonds. The largest absolute Gasteiger partial charge is 0.497 e. The number of nitrogens with zero attached hydrogens (tertiary/aromatic N) is 2. The Morgan fingerprint density at radius 2 is 1.44 bits per heavy atom. The van der Waals surface area contributed by atoms with E-state index in [2.05, 4.69) is 5.32 Å². The first-order valence-electron chi connectivity index (χ1n) is 14.8. The lowest BCUT2D eigenvalue weighted by atomic mass is 10.0. The van der Waals surface area contributed by atoms with E-state index in [9.17, 15) is 18.0 Å². The van der Waals surface area contributed by atoms with Gasteiger partial charge in [0.15, 0.2) is 0 Å². The van der Waals surface area contributed by atoms with Gasteiger partial charge in [-0.05, 0) is 66.1 Å². The molecule has 0 saturated heterocycles. The van der Waals surface area contributed by atoms with Crippen LogP contribution in [-0.2, 0) is 32.6 Å². The van der Waals surface area contributed by atoms with E-state index in [4.69, 9.17) is 16.3 Å². The number of hydrogen-bond donors (Lipinski definition) is 1. The monoisotopic (exact) mass is 647 g/mol. The average molecular weight is 648 g/mol. The third-order valence-corrected chi connectivity index (χ3v) is 9.38. The van der Waals surface area contributed by atoms with Crippen molar-refractivity contribution in [1.29, 1.82) is 0 Å². The number of nitrogens with one attached hydrogen (secondary N) is 1. The number of ether oxygens (including phenoxy) is 1. The smallest absolute Gasteiger partial charge is 0.264 e. The van der Waals surface area contributed by atoms with Crippen LogP contribution in [0.1, 0.15) is 30.9 Å². The minimum atomic E-state index is -4.23. The highest BCUT2D eigenvalue weighted by atomic mass is 35.5. The standard InChI is InChI=1S/C35H38ClN3O5S/c1-3-4-23-37-35(41)33(24-27-11-7-5-8-12-27)38(25-28-13-9-6-10-14-28)34(40)26-39(30-17-15-29(36)16-18-30)45(42,43)32-21-19-31(44-2)20-22-32/h5-22,33H,3-4,23-26H2,1-2H3,(H,37,41)/t33-/m1/s1. The van der Waals surface area contributed by atoms with E-state index in [0.29, 0.717) is 17.3 Å². The van der Waals surface area contributed by atoms with Gasteiger partial charge in [-0.1, -0.05) is 85.6 Å². The first-order valence-corrected chi connectivity index (χ1v) is 16.6. The Balaban J connectivity index is 1.77. The number of methoxy groups -OCH3 is 1. The SMILES string of the molecule is CCCCNC(=O)[C@@H](Cc1ccccc1)N(Cc1ccccc1)C(=O)CN(c1ccc(Cl)cc1)S(=O)(=O)c1ccc(OC)cc1. The highest BCUT2D eigenvalue weighted by Gasteiger charge is 2.34. The minimum Gasteiger partial charge on any atom is -0.497 e. The summed E-state index contributed by atoms with van der Waals surface area (Å²) in [7, 11) is -2.74. The zero-order valence-electron chi connectivity index (χ0n) is 25.4. The zero-order valence-corrected chi connectivity index (χ0v) is 27.0. The van der Waals surface area contributed by atoms with E-state index < -0.39 is 28.5 Å². The summed E-state index contributed by atoms with van der Waals surface area (Å²) in [5, 5.41) is 3.41. The Hall–Kier alpha value is -4.34. The van der Waals surface area contributed by atoms with Gasteiger partial charge >= 0.3 is 0 Å². The highest BCUT2D eigenvalue weighted by Crippen LogP contribution is 2.27. The topological polar surface area (TPSA) is 96.0 Å². The summed E-state index contributed by atoms with van der Waals surface area (Å²) >= 11 is 6.13. The summed E-state index contributed by atoms with van der Waals surface area (Å²) in [6, 6.07) is 30.1. The molecule has 236 valence electrons. The highest BCUT2D eigenvalue weighted by molar-refractivity contribution is 7.92. The maximum absolute atomic E-state index is 14.4. The lowest BCUT2D eigenvalue weighted by Crippen LogP contribution is -2.53. The normalized spacial score (nSPS) is 11.8. The first-order chi connectivity index (χ1) is 21.7. The van der Waals surface area contributed by atoms with E-state index in [1.165, 1.54) is 24.1 Å². The van der Waals surface area contributed by atoms with Crippen LogP contribution in [0.2, 0.25) is 5.02 Å². The average Bonchev–Trinajstić information content (AvgIpc) is 3.06. The van der Waals surface area contributed by atoms with Crippen molar-refractivity contribution >= 4 is 39.1 Å². The molecule has 4 aromatic carbocycles. The number of carbonyl (C=O) groups is 2. The van der Waals surface area contributed by atoms with Crippen molar-refractivity contribution in [3.63, 3.8) is 0 Å². The quantitative estimate of drug-likeness (QED) is 0.157. The number of carbonyl (C=O) groups excluding carboxylic acids is 2. The Morgan fingerprint density at radius 3 is 2.02 bits per heavy atom. The van der Waals surface area contributed by atoms with Crippen molar-refractivity contribution in [1.82, 2.24) is 10.2 Å². The second-order valence-corrected chi connectivity index (χ2v) is 12.8. The van der Waals surface area contributed by atoms with Crippen molar-refractivity contribution in [2.24, 2.45) is 0 Å². The third-order valence-electron chi connectivity index (χ3n) is 7.34. The molecule has 4 rings (SSSR count). The van der Waals surface area contributed by atoms with Gasteiger partial charge in [0, 0.05) is 24.5 Å². The van der Waals surface area contributed by atoms with Crippen molar-refractivity contribution in [2.45, 2.75) is 43.7 Å². The molecule has 0 aromatic heterocycles. The molecule has 0 aliphatic rings. The van der Waals surface area contributed by atoms with Crippen LogP contribution in [0.25, 0.3) is 0 Å². The molecule has 0 radical (unpaired) electrons. The van der Waals surface area contributed by atoms with Crippen LogP contribution in [0, 0.1) is 0 Å². The molecule has 0 bridgehead atoms. The lowest BCUT2D eigenvalue weighted by molar-refractivity contribution is -0.140. The number of sulfonamides is 1. The molecule has 0 aliphatic carbocycles. The van der Waals surface area contributed by atoms with Crippen molar-refractivity contribution in [3.05, 3.63) is 125 Å². The van der Waals surface area contributed by atoms with Crippen LogP contribution in [-0.4, -0.2) is 51.4 Å². The van der Waals surface area contributed by atoms with Gasteiger partial charge in [0.1, 0.15) is 18.3 Å². The first kappa shape index (κ1) is 33.6. The number of halogens is 1. The van der Waals surface area contributed by atoms with E-state index in [0.717, 1.165) is 28.3 Å². The fraction of sp³-hybridized carbons (Fsp3) is 0.257. The third kappa shape index (κ3) is 9.09. The summed E-state index contributed by atoms with van der Waals surface area (Å²) < 4.78 is 34.5. The number of unbranched alkanes of at least 4 members (excludes halogenated alkanes) is 1. The van der Waals surface area contributed by atoms with Crippen LogP contribution < -0.4 is 14.4 Å². The van der Waals surface area contributed by atoms with Crippen molar-refractivity contribution in [2.75, 3.05) is 24.5 Å². The van der Waals surface area contributed by atoms with Gasteiger partial charge in [0.05, 0.1) is 17.7 Å². The fourth-order valence-corrected chi connectivity index (χ4v) is 6.39. The molecular formula is C35H38ClN3O5S. The van der Waals surface area contributed by atoms with Crippen LogP contribution in [0.3, 0.4) is 0 Å². The molecule has 0 saturated carbocycles. The van der Waals surface area contributed by atoms with E-state index in [1.807, 2.05) is 67.6 Å². The summed E-state index contributed by atoms with van der Waals surface area (Å²) in [5.41, 5.74) is 1.94. The number of hydrogen-bond acceptors (Lipinski definition) is 5. The maximum atomic E-state index is 14.4. The Labute approximate surface area is 270 Å². The summed E-state index contributed by atoms with van der Waals surface area (Å²) in [4.78, 5) is 29.7. The molecule has 0 spiro atoms. The van der Waals surface area contributed by atoms with Crippen molar-refractivity contribution in [3.8, 4) is 5.75 Å². The molecule has 45 heavy (non-hydrogen) atoms. The Bertz CT molecular complexity index is 1630. The van der Waals surface area contributed by atoms with Gasteiger partial charge in [0.2, 0.25) is 11.8 Å². The van der Waals surface area contributed by atoms with E-state index in [1.54, 1.807) is 36.4 Å². The number of amides is 2. The number of anilines is 1. The molecule has 0 unspecified atom stereocenters. The van der Waals surface area contributed by atoms with Crippen LogP contribution >= 0.6 is 11.6 Å². The van der Waals surface area contributed by atoms with Gasteiger partial charge in [-0.15, -0.1) is 0 Å². The fourth-order valence-electron chi connectivity index (χ4n) is 4.85. The molecule has 0 heterocycles. The molecular weight excluding hydrogens is 610 g/mol. The molecule has 0 fully saturated rings. The van der Waals surface area contributed by atoms with Crippen molar-refractivity contribution < 1.29 is 22.7 Å². The molecule has 10 heteroatoms. The predicted octanol–water partition coefficient (Wildman–Crippen LogP) is 6.10. The lowest BCUT2D eigenvalue weighted by Gasteiger charge is -2.34. The molecule has 1 atom stereocenters. The molecule has 0 aliphatic heterocycles. The number of benzene rings is 4. The number of rotatable bonds is 15. The Kier molecular flexibility index (Phi) is 12.0. The maximum Gasteiger partial charge on any atom is 0.264 e. The van der Waals surface area contributed by atoms with Gasteiger partial charge in [-0.3, -0.25) is 13.9 Å². The predicted molar refractivity (Wildman–Crippen MR) is 178 cm³/mol. The minimum absolute atomic E-state index is 0.0150. The van der Waals surface area contributed by atoms with E-state index >= 15 is 0 Å². The van der Waals surface area contributed by atoms with Gasteiger partial charge < -0.3 is 15.0 Å². The molecule has 8 nitrogen and oxygen atoms in total.